The Morgan fingerprint density at radius 3 is 2.89 bits per heavy atom. The van der Waals surface area contributed by atoms with Crippen LogP contribution in [0.3, 0.4) is 0 Å². The van der Waals surface area contributed by atoms with E-state index < -0.39 is 0 Å². The van der Waals surface area contributed by atoms with Crippen molar-refractivity contribution in [3.05, 3.63) is 0 Å². The van der Waals surface area contributed by atoms with E-state index in [1.165, 1.54) is 32.1 Å². The van der Waals surface area contributed by atoms with Crippen molar-refractivity contribution in [2.24, 2.45) is 5.92 Å². The molecule has 1 N–H and O–H groups in total. The summed E-state index contributed by atoms with van der Waals surface area (Å²) in [6.45, 7) is 7.15. The third-order valence-electron chi connectivity index (χ3n) is 5.16. The standard InChI is InChI=1S/C15H27N3O/c1-12-5-2-3-8-18(12)15(19)11-17-9-13-6-4-7-16-14(13)10-17/h12-14,16H,2-11H2,1H3. The molecule has 3 aliphatic rings. The summed E-state index contributed by atoms with van der Waals surface area (Å²) in [5.41, 5.74) is 0. The number of carbonyl (C=O) groups is 1. The van der Waals surface area contributed by atoms with Crippen LogP contribution in [-0.2, 0) is 4.79 Å². The molecule has 108 valence electrons. The van der Waals surface area contributed by atoms with Crippen molar-refractivity contribution in [2.75, 3.05) is 32.7 Å². The van der Waals surface area contributed by atoms with Gasteiger partial charge < -0.3 is 10.2 Å². The van der Waals surface area contributed by atoms with E-state index in [-0.39, 0.29) is 0 Å². The van der Waals surface area contributed by atoms with E-state index in [4.69, 9.17) is 0 Å². The molecule has 3 unspecified atom stereocenters. The highest BCUT2D eigenvalue weighted by molar-refractivity contribution is 5.78. The number of nitrogens with zero attached hydrogens (tertiary/aromatic N) is 2. The molecule has 4 nitrogen and oxygen atoms in total. The maximum absolute atomic E-state index is 12.4. The number of hydrogen-bond acceptors (Lipinski definition) is 3. The van der Waals surface area contributed by atoms with Gasteiger partial charge in [-0.3, -0.25) is 9.69 Å². The molecule has 0 bridgehead atoms. The van der Waals surface area contributed by atoms with Gasteiger partial charge in [-0.15, -0.1) is 0 Å². The van der Waals surface area contributed by atoms with Crippen molar-refractivity contribution in [3.63, 3.8) is 0 Å². The number of nitrogens with one attached hydrogen (secondary N) is 1. The number of hydrogen-bond donors (Lipinski definition) is 1. The predicted molar refractivity (Wildman–Crippen MR) is 76.0 cm³/mol. The molecule has 0 aliphatic carbocycles. The Kier molecular flexibility index (Phi) is 4.08. The predicted octanol–water partition coefficient (Wildman–Crippen LogP) is 1.07. The van der Waals surface area contributed by atoms with Gasteiger partial charge in [-0.2, -0.15) is 0 Å². The van der Waals surface area contributed by atoms with Crippen molar-refractivity contribution in [1.29, 1.82) is 0 Å². The van der Waals surface area contributed by atoms with Gasteiger partial charge in [-0.25, -0.2) is 0 Å². The summed E-state index contributed by atoms with van der Waals surface area (Å²) in [7, 11) is 0. The third kappa shape index (κ3) is 2.95. The van der Waals surface area contributed by atoms with Gasteiger partial charge in [0.05, 0.1) is 6.54 Å². The maximum Gasteiger partial charge on any atom is 0.236 e. The molecule has 4 heteroatoms. The van der Waals surface area contributed by atoms with Gasteiger partial charge in [0.25, 0.3) is 0 Å². The SMILES string of the molecule is CC1CCCCN1C(=O)CN1CC2CCCNC2C1. The molecule has 0 radical (unpaired) electrons. The van der Waals surface area contributed by atoms with Crippen molar-refractivity contribution < 1.29 is 4.79 Å². The Morgan fingerprint density at radius 2 is 2.11 bits per heavy atom. The van der Waals surface area contributed by atoms with E-state index in [1.807, 2.05) is 0 Å². The minimum Gasteiger partial charge on any atom is -0.339 e. The molecule has 19 heavy (non-hydrogen) atoms. The van der Waals surface area contributed by atoms with Gasteiger partial charge >= 0.3 is 0 Å². The molecule has 0 aromatic carbocycles. The molecule has 1 amide bonds. The van der Waals surface area contributed by atoms with E-state index in [2.05, 4.69) is 22.0 Å². The summed E-state index contributed by atoms with van der Waals surface area (Å²) >= 11 is 0. The van der Waals surface area contributed by atoms with Gasteiger partial charge in [0.15, 0.2) is 0 Å². The zero-order chi connectivity index (χ0) is 13.2. The van der Waals surface area contributed by atoms with Crippen LogP contribution in [0.25, 0.3) is 0 Å². The molecule has 3 aliphatic heterocycles. The summed E-state index contributed by atoms with van der Waals surface area (Å²) in [5.74, 6) is 1.13. The van der Waals surface area contributed by atoms with Crippen molar-refractivity contribution in [2.45, 2.75) is 51.1 Å². The van der Waals surface area contributed by atoms with Gasteiger partial charge in [0, 0.05) is 31.7 Å². The lowest BCUT2D eigenvalue weighted by Gasteiger charge is -2.34. The summed E-state index contributed by atoms with van der Waals surface area (Å²) < 4.78 is 0. The molecule has 0 aromatic rings. The molecule has 3 heterocycles. The van der Waals surface area contributed by atoms with Crippen LogP contribution in [0.4, 0.5) is 0 Å². The second-order valence-corrected chi connectivity index (χ2v) is 6.59. The minimum atomic E-state index is 0.353. The molecular weight excluding hydrogens is 238 g/mol. The fourth-order valence-electron chi connectivity index (χ4n) is 4.02. The minimum absolute atomic E-state index is 0.353. The van der Waals surface area contributed by atoms with Gasteiger partial charge in [0.2, 0.25) is 5.91 Å². The van der Waals surface area contributed by atoms with Gasteiger partial charge in [0.1, 0.15) is 0 Å². The van der Waals surface area contributed by atoms with Gasteiger partial charge in [-0.05, 0) is 51.5 Å². The van der Waals surface area contributed by atoms with Crippen LogP contribution in [0.2, 0.25) is 0 Å². The highest BCUT2D eigenvalue weighted by Gasteiger charge is 2.35. The molecule has 3 atom stereocenters. The average molecular weight is 265 g/mol. The zero-order valence-corrected chi connectivity index (χ0v) is 12.1. The second kappa shape index (κ2) is 5.80. The van der Waals surface area contributed by atoms with E-state index in [9.17, 15) is 4.79 Å². The number of likely N-dealkylation sites (tertiary alicyclic amines) is 2. The number of rotatable bonds is 2. The van der Waals surface area contributed by atoms with Crippen molar-refractivity contribution in [3.8, 4) is 0 Å². The summed E-state index contributed by atoms with van der Waals surface area (Å²) in [6.07, 6.45) is 6.28. The summed E-state index contributed by atoms with van der Waals surface area (Å²) in [6, 6.07) is 1.09. The van der Waals surface area contributed by atoms with Crippen molar-refractivity contribution in [1.82, 2.24) is 15.1 Å². The van der Waals surface area contributed by atoms with Crippen LogP contribution in [0.5, 0.6) is 0 Å². The first-order valence-corrected chi connectivity index (χ1v) is 7.99. The molecule has 0 saturated carbocycles. The summed E-state index contributed by atoms with van der Waals surface area (Å²) in [4.78, 5) is 16.9. The second-order valence-electron chi connectivity index (χ2n) is 6.59. The van der Waals surface area contributed by atoms with Crippen LogP contribution in [0.15, 0.2) is 0 Å². The fourth-order valence-corrected chi connectivity index (χ4v) is 4.02. The Balaban J connectivity index is 1.52. The Labute approximate surface area is 116 Å². The van der Waals surface area contributed by atoms with E-state index >= 15 is 0 Å². The zero-order valence-electron chi connectivity index (χ0n) is 12.1. The van der Waals surface area contributed by atoms with Crippen LogP contribution >= 0.6 is 0 Å². The van der Waals surface area contributed by atoms with Crippen molar-refractivity contribution >= 4 is 5.91 Å². The first-order chi connectivity index (χ1) is 9.24. The molecule has 0 aromatic heterocycles. The van der Waals surface area contributed by atoms with Gasteiger partial charge in [-0.1, -0.05) is 0 Å². The van der Waals surface area contributed by atoms with Crippen LogP contribution < -0.4 is 5.32 Å². The molecular formula is C15H27N3O. The summed E-state index contributed by atoms with van der Waals surface area (Å²) in [5, 5.41) is 3.61. The topological polar surface area (TPSA) is 35.6 Å². The largest absolute Gasteiger partial charge is 0.339 e. The number of amides is 1. The van der Waals surface area contributed by atoms with Crippen LogP contribution in [0, 0.1) is 5.92 Å². The van der Waals surface area contributed by atoms with E-state index in [0.717, 1.165) is 32.1 Å². The average Bonchev–Trinajstić information content (AvgIpc) is 2.81. The highest BCUT2D eigenvalue weighted by Crippen LogP contribution is 2.25. The third-order valence-corrected chi connectivity index (χ3v) is 5.16. The first kappa shape index (κ1) is 13.4. The van der Waals surface area contributed by atoms with Crippen LogP contribution in [-0.4, -0.2) is 60.5 Å². The number of piperidine rings is 2. The molecule has 3 rings (SSSR count). The first-order valence-electron chi connectivity index (χ1n) is 7.99. The number of carbonyl (C=O) groups excluding carboxylic acids is 1. The van der Waals surface area contributed by atoms with E-state index in [1.54, 1.807) is 0 Å². The smallest absolute Gasteiger partial charge is 0.236 e. The number of fused-ring (bicyclic) bond motifs is 1. The Morgan fingerprint density at radius 1 is 1.21 bits per heavy atom. The lowest BCUT2D eigenvalue weighted by molar-refractivity contribution is -0.135. The molecule has 3 fully saturated rings. The lowest BCUT2D eigenvalue weighted by Crippen LogP contribution is -2.47. The fraction of sp³-hybridized carbons (Fsp3) is 0.933. The van der Waals surface area contributed by atoms with E-state index in [0.29, 0.717) is 24.5 Å². The normalized spacial score (nSPS) is 36.3. The molecule has 3 saturated heterocycles. The Bertz CT molecular complexity index is 319. The quantitative estimate of drug-likeness (QED) is 0.811. The molecule has 0 spiro atoms. The highest BCUT2D eigenvalue weighted by atomic mass is 16.2. The Hall–Kier alpha value is -0.610. The maximum atomic E-state index is 12.4. The van der Waals surface area contributed by atoms with Crippen LogP contribution in [0.1, 0.15) is 39.0 Å². The lowest BCUT2D eigenvalue weighted by atomic mass is 9.94. The monoisotopic (exact) mass is 265 g/mol.